The summed E-state index contributed by atoms with van der Waals surface area (Å²) in [5, 5.41) is 0. The lowest BCUT2D eigenvalue weighted by Gasteiger charge is -2.13. The van der Waals surface area contributed by atoms with Crippen molar-refractivity contribution in [2.24, 2.45) is 0 Å². The first-order valence-corrected chi connectivity index (χ1v) is 6.28. The smallest absolute Gasteiger partial charge is 0.293 e. The summed E-state index contributed by atoms with van der Waals surface area (Å²) in [5.74, 6) is -0.566. The zero-order valence-electron chi connectivity index (χ0n) is 8.11. The van der Waals surface area contributed by atoms with Gasteiger partial charge in [-0.15, -0.1) is 0 Å². The number of rotatable bonds is 2. The molecule has 0 bridgehead atoms. The van der Waals surface area contributed by atoms with Crippen LogP contribution in [0.1, 0.15) is 22.8 Å². The molecule has 1 atom stereocenters. The summed E-state index contributed by atoms with van der Waals surface area (Å²) in [6, 6.07) is 3.67. The van der Waals surface area contributed by atoms with E-state index in [1.807, 2.05) is 0 Å². The standard InChI is InChI=1S/C10H7BrF3IO/c1-5(11)9(16)7-3-2-6(15)4-8(7)10(12,13)14/h2-5H,1H3. The lowest BCUT2D eigenvalue weighted by molar-refractivity contribution is -0.137. The Bertz CT molecular complexity index is 415. The predicted octanol–water partition coefficient (Wildman–Crippen LogP) is 4.28. The SMILES string of the molecule is CC(Br)C(=O)c1ccc(I)cc1C(F)(F)F. The van der Waals surface area contributed by atoms with E-state index in [0.29, 0.717) is 3.57 Å². The van der Waals surface area contributed by atoms with Gasteiger partial charge in [0.05, 0.1) is 10.4 Å². The highest BCUT2D eigenvalue weighted by Crippen LogP contribution is 2.34. The molecule has 0 spiro atoms. The Morgan fingerprint density at radius 1 is 1.44 bits per heavy atom. The zero-order chi connectivity index (χ0) is 12.5. The van der Waals surface area contributed by atoms with Crippen LogP contribution in [0.5, 0.6) is 0 Å². The number of alkyl halides is 4. The number of halogens is 5. The van der Waals surface area contributed by atoms with Crippen LogP contribution in [-0.2, 0) is 6.18 Å². The minimum atomic E-state index is -4.51. The molecule has 0 aliphatic heterocycles. The van der Waals surface area contributed by atoms with Crippen LogP contribution in [0.25, 0.3) is 0 Å². The van der Waals surface area contributed by atoms with Crippen LogP contribution in [0.15, 0.2) is 18.2 Å². The van der Waals surface area contributed by atoms with Crippen molar-refractivity contribution in [3.8, 4) is 0 Å². The van der Waals surface area contributed by atoms with Crippen molar-refractivity contribution in [3.05, 3.63) is 32.9 Å². The third-order valence-corrected chi connectivity index (χ3v) is 3.00. The Hall–Kier alpha value is -0.110. The summed E-state index contributed by atoms with van der Waals surface area (Å²) < 4.78 is 38.5. The molecular weight excluding hydrogens is 400 g/mol. The highest BCUT2D eigenvalue weighted by molar-refractivity contribution is 14.1. The Morgan fingerprint density at radius 2 is 2.00 bits per heavy atom. The Morgan fingerprint density at radius 3 is 2.44 bits per heavy atom. The number of carbonyl (C=O) groups excluding carboxylic acids is 1. The molecule has 1 rings (SSSR count). The minimum absolute atomic E-state index is 0.294. The van der Waals surface area contributed by atoms with Crippen LogP contribution in [0.4, 0.5) is 13.2 Å². The molecule has 0 heterocycles. The van der Waals surface area contributed by atoms with Gasteiger partial charge in [0.2, 0.25) is 0 Å². The van der Waals surface area contributed by atoms with Crippen molar-refractivity contribution in [2.45, 2.75) is 17.9 Å². The fourth-order valence-electron chi connectivity index (χ4n) is 1.18. The summed E-state index contributed by atoms with van der Waals surface area (Å²) in [4.78, 5) is 10.9. The van der Waals surface area contributed by atoms with Gasteiger partial charge < -0.3 is 0 Å². The van der Waals surface area contributed by atoms with Crippen molar-refractivity contribution >= 4 is 44.3 Å². The highest BCUT2D eigenvalue weighted by Gasteiger charge is 2.35. The number of carbonyl (C=O) groups is 1. The molecule has 0 saturated carbocycles. The van der Waals surface area contributed by atoms with Gasteiger partial charge in [0, 0.05) is 9.13 Å². The molecule has 88 valence electrons. The topological polar surface area (TPSA) is 17.1 Å². The average Bonchev–Trinajstić information content (AvgIpc) is 2.15. The average molecular weight is 407 g/mol. The highest BCUT2D eigenvalue weighted by atomic mass is 127. The maximum Gasteiger partial charge on any atom is 0.417 e. The predicted molar refractivity (Wildman–Crippen MR) is 66.9 cm³/mol. The summed E-state index contributed by atoms with van der Waals surface area (Å²) in [6.45, 7) is 1.50. The normalized spacial score (nSPS) is 13.6. The van der Waals surface area contributed by atoms with Gasteiger partial charge in [-0.3, -0.25) is 4.79 Å². The van der Waals surface area contributed by atoms with Crippen LogP contribution in [0.2, 0.25) is 0 Å². The maximum absolute atomic E-state index is 12.7. The monoisotopic (exact) mass is 406 g/mol. The van der Waals surface area contributed by atoms with Crippen molar-refractivity contribution in [2.75, 3.05) is 0 Å². The van der Waals surface area contributed by atoms with E-state index >= 15 is 0 Å². The van der Waals surface area contributed by atoms with Crippen molar-refractivity contribution in [1.82, 2.24) is 0 Å². The molecule has 0 N–H and O–H groups in total. The van der Waals surface area contributed by atoms with Crippen LogP contribution < -0.4 is 0 Å². The number of ketones is 1. The third kappa shape index (κ3) is 3.19. The van der Waals surface area contributed by atoms with E-state index in [2.05, 4.69) is 15.9 Å². The van der Waals surface area contributed by atoms with Gasteiger partial charge in [-0.2, -0.15) is 13.2 Å². The van der Waals surface area contributed by atoms with E-state index in [1.165, 1.54) is 19.1 Å². The van der Waals surface area contributed by atoms with Crippen LogP contribution in [-0.4, -0.2) is 10.6 Å². The molecule has 0 radical (unpaired) electrons. The molecule has 6 heteroatoms. The molecular formula is C10H7BrF3IO. The Balaban J connectivity index is 3.34. The van der Waals surface area contributed by atoms with E-state index in [-0.39, 0.29) is 5.56 Å². The molecule has 0 amide bonds. The third-order valence-electron chi connectivity index (χ3n) is 1.91. The molecule has 1 aromatic rings. The van der Waals surface area contributed by atoms with Gasteiger partial charge in [-0.1, -0.05) is 15.9 Å². The van der Waals surface area contributed by atoms with E-state index in [1.54, 1.807) is 22.6 Å². The van der Waals surface area contributed by atoms with Gasteiger partial charge in [-0.25, -0.2) is 0 Å². The molecule has 1 aromatic carbocycles. The van der Waals surface area contributed by atoms with E-state index in [4.69, 9.17) is 0 Å². The largest absolute Gasteiger partial charge is 0.417 e. The Labute approximate surface area is 113 Å². The second-order valence-corrected chi connectivity index (χ2v) is 5.79. The summed E-state index contributed by atoms with van der Waals surface area (Å²) in [7, 11) is 0. The number of hydrogen-bond acceptors (Lipinski definition) is 1. The molecule has 1 nitrogen and oxygen atoms in total. The zero-order valence-corrected chi connectivity index (χ0v) is 11.9. The number of hydrogen-bond donors (Lipinski definition) is 0. The molecule has 0 aliphatic rings. The van der Waals surface area contributed by atoms with Gasteiger partial charge in [0.1, 0.15) is 0 Å². The second kappa shape index (κ2) is 5.03. The molecule has 0 fully saturated rings. The molecule has 0 aromatic heterocycles. The van der Waals surface area contributed by atoms with Crippen molar-refractivity contribution in [1.29, 1.82) is 0 Å². The molecule has 1 unspecified atom stereocenters. The summed E-state index contributed by atoms with van der Waals surface area (Å²) >= 11 is 4.76. The fourth-order valence-corrected chi connectivity index (χ4v) is 1.92. The molecule has 16 heavy (non-hydrogen) atoms. The lowest BCUT2D eigenvalue weighted by atomic mass is 10.0. The van der Waals surface area contributed by atoms with E-state index in [0.717, 1.165) is 6.07 Å². The molecule has 0 aliphatic carbocycles. The van der Waals surface area contributed by atoms with Gasteiger partial charge in [0.25, 0.3) is 0 Å². The first-order valence-electron chi connectivity index (χ1n) is 4.28. The first kappa shape index (κ1) is 14.0. The maximum atomic E-state index is 12.7. The molecule has 0 saturated heterocycles. The number of Topliss-reactive ketones (excluding diaryl/α,β-unsaturated/α-hetero) is 1. The summed E-state index contributed by atoms with van der Waals surface area (Å²) in [6.07, 6.45) is -4.51. The minimum Gasteiger partial charge on any atom is -0.293 e. The van der Waals surface area contributed by atoms with Crippen molar-refractivity contribution < 1.29 is 18.0 Å². The fraction of sp³-hybridized carbons (Fsp3) is 0.300. The van der Waals surface area contributed by atoms with E-state index < -0.39 is 22.4 Å². The summed E-state index contributed by atoms with van der Waals surface area (Å²) in [5.41, 5.74) is -1.17. The van der Waals surface area contributed by atoms with E-state index in [9.17, 15) is 18.0 Å². The van der Waals surface area contributed by atoms with Crippen LogP contribution in [0, 0.1) is 3.57 Å². The van der Waals surface area contributed by atoms with Gasteiger partial charge in [0.15, 0.2) is 5.78 Å². The second-order valence-electron chi connectivity index (χ2n) is 3.17. The lowest BCUT2D eigenvalue weighted by Crippen LogP contribution is -2.18. The quantitative estimate of drug-likeness (QED) is 0.407. The van der Waals surface area contributed by atoms with Crippen LogP contribution in [0.3, 0.4) is 0 Å². The van der Waals surface area contributed by atoms with Gasteiger partial charge >= 0.3 is 6.18 Å². The first-order chi connectivity index (χ1) is 7.23. The van der Waals surface area contributed by atoms with Gasteiger partial charge in [-0.05, 0) is 47.7 Å². The Kier molecular flexibility index (Phi) is 4.39. The van der Waals surface area contributed by atoms with Crippen LogP contribution >= 0.6 is 38.5 Å². The number of benzene rings is 1. The van der Waals surface area contributed by atoms with Crippen molar-refractivity contribution in [3.63, 3.8) is 0 Å².